The topological polar surface area (TPSA) is 98.1 Å². The Balaban J connectivity index is 1.81. The first kappa shape index (κ1) is 22.2. The normalized spacial score (nSPS) is 11.9. The lowest BCUT2D eigenvalue weighted by atomic mass is 10.2. The summed E-state index contributed by atoms with van der Waals surface area (Å²) in [6.07, 6.45) is -4.51. The van der Waals surface area contributed by atoms with Crippen molar-refractivity contribution in [2.45, 2.75) is 29.6 Å². The van der Waals surface area contributed by atoms with Gasteiger partial charge >= 0.3 is 6.18 Å². The number of amides is 1. The van der Waals surface area contributed by atoms with Crippen molar-refractivity contribution in [3.05, 3.63) is 82.1 Å². The van der Waals surface area contributed by atoms with Crippen LogP contribution in [0.2, 0.25) is 0 Å². The predicted molar refractivity (Wildman–Crippen MR) is 105 cm³/mol. The van der Waals surface area contributed by atoms with E-state index >= 15 is 0 Å². The zero-order chi connectivity index (χ0) is 22.8. The lowest BCUT2D eigenvalue weighted by molar-refractivity contribution is -0.137. The van der Waals surface area contributed by atoms with E-state index in [0.29, 0.717) is 10.2 Å². The lowest BCUT2D eigenvalue weighted by Gasteiger charge is -2.10. The van der Waals surface area contributed by atoms with Gasteiger partial charge in [-0.1, -0.05) is 12.1 Å². The van der Waals surface area contributed by atoms with Crippen molar-refractivity contribution in [3.63, 3.8) is 0 Å². The first-order valence-electron chi connectivity index (χ1n) is 8.84. The molecule has 0 spiro atoms. The Morgan fingerprint density at radius 2 is 1.74 bits per heavy atom. The number of anilines is 1. The number of aryl methyl sites for hydroxylation is 1. The van der Waals surface area contributed by atoms with Crippen LogP contribution in [0.1, 0.15) is 11.1 Å². The second-order valence-electron chi connectivity index (χ2n) is 6.61. The smallest absolute Gasteiger partial charge is 0.324 e. The second kappa shape index (κ2) is 8.34. The maximum Gasteiger partial charge on any atom is 0.416 e. The van der Waals surface area contributed by atoms with Crippen molar-refractivity contribution in [3.8, 4) is 0 Å². The third-order valence-electron chi connectivity index (χ3n) is 4.21. The zero-order valence-corrected chi connectivity index (χ0v) is 16.9. The molecule has 0 bridgehead atoms. The van der Waals surface area contributed by atoms with Crippen LogP contribution in [-0.2, 0) is 27.4 Å². The molecule has 0 saturated carbocycles. The van der Waals surface area contributed by atoms with E-state index in [9.17, 15) is 31.2 Å². The summed E-state index contributed by atoms with van der Waals surface area (Å²) in [6, 6.07) is 11.9. The quantitative estimate of drug-likeness (QED) is 0.643. The summed E-state index contributed by atoms with van der Waals surface area (Å²) in [5.41, 5.74) is -0.803. The molecule has 0 aliphatic carbocycles. The van der Waals surface area contributed by atoms with Crippen LogP contribution in [0.4, 0.5) is 18.9 Å². The Bertz CT molecular complexity index is 1280. The van der Waals surface area contributed by atoms with Gasteiger partial charge in [-0.3, -0.25) is 9.59 Å². The summed E-state index contributed by atoms with van der Waals surface area (Å²) in [5.74, 6) is -0.764. The van der Waals surface area contributed by atoms with Gasteiger partial charge in [-0.15, -0.1) is 0 Å². The summed E-state index contributed by atoms with van der Waals surface area (Å²) in [6.45, 7) is 1.09. The van der Waals surface area contributed by atoms with Gasteiger partial charge in [0, 0.05) is 11.8 Å². The van der Waals surface area contributed by atoms with Crippen LogP contribution in [0.3, 0.4) is 0 Å². The van der Waals surface area contributed by atoms with E-state index in [-0.39, 0.29) is 10.6 Å². The van der Waals surface area contributed by atoms with Crippen LogP contribution in [0.25, 0.3) is 0 Å². The second-order valence-corrected chi connectivity index (χ2v) is 8.51. The maximum absolute atomic E-state index is 12.8. The minimum Gasteiger partial charge on any atom is -0.324 e. The molecular formula is C20H16F3N3O4S. The average Bonchev–Trinajstić information content (AvgIpc) is 2.69. The van der Waals surface area contributed by atoms with Crippen LogP contribution in [-0.4, -0.2) is 24.1 Å². The molecule has 0 radical (unpaired) electrons. The van der Waals surface area contributed by atoms with E-state index in [4.69, 9.17) is 0 Å². The Hall–Kier alpha value is -3.47. The van der Waals surface area contributed by atoms with Crippen molar-refractivity contribution in [2.75, 3.05) is 5.32 Å². The van der Waals surface area contributed by atoms with Crippen LogP contribution in [0.5, 0.6) is 0 Å². The minimum absolute atomic E-state index is 0.0144. The molecule has 1 amide bonds. The molecule has 1 heterocycles. The van der Waals surface area contributed by atoms with E-state index in [1.165, 1.54) is 12.1 Å². The molecule has 1 N–H and O–H groups in total. The summed E-state index contributed by atoms with van der Waals surface area (Å²) in [4.78, 5) is 24.2. The maximum atomic E-state index is 12.8. The standard InChI is InChI=1S/C20H16F3N3O4S/c1-13-3-2-4-16(11-13)31(29,30)18-9-10-19(28)26(25-18)12-17(27)24-15-7-5-14(6-8-15)20(21,22)23/h2-11H,12H2,1H3,(H,24,27). The Kier molecular flexibility index (Phi) is 5.98. The van der Waals surface area contributed by atoms with E-state index < -0.39 is 44.6 Å². The number of benzene rings is 2. The van der Waals surface area contributed by atoms with Gasteiger partial charge in [0.25, 0.3) is 5.56 Å². The van der Waals surface area contributed by atoms with E-state index in [0.717, 1.165) is 36.4 Å². The number of nitrogens with zero attached hydrogens (tertiary/aromatic N) is 2. The fraction of sp³-hybridized carbons (Fsp3) is 0.150. The number of nitrogens with one attached hydrogen (secondary N) is 1. The minimum atomic E-state index is -4.51. The van der Waals surface area contributed by atoms with Crippen LogP contribution >= 0.6 is 0 Å². The van der Waals surface area contributed by atoms with Gasteiger partial charge in [0.1, 0.15) is 6.54 Å². The van der Waals surface area contributed by atoms with Gasteiger partial charge in [0.15, 0.2) is 5.03 Å². The number of aromatic nitrogens is 2. The van der Waals surface area contributed by atoms with E-state index in [1.807, 2.05) is 0 Å². The van der Waals surface area contributed by atoms with Crippen molar-refractivity contribution < 1.29 is 26.4 Å². The molecule has 3 rings (SSSR count). The molecule has 2 aromatic carbocycles. The average molecular weight is 451 g/mol. The highest BCUT2D eigenvalue weighted by atomic mass is 32.2. The van der Waals surface area contributed by atoms with Crippen LogP contribution in [0.15, 0.2) is 75.4 Å². The molecule has 0 unspecified atom stereocenters. The van der Waals surface area contributed by atoms with Crippen LogP contribution < -0.4 is 10.9 Å². The fourth-order valence-electron chi connectivity index (χ4n) is 2.67. The number of hydrogen-bond donors (Lipinski definition) is 1. The van der Waals surface area contributed by atoms with Crippen molar-refractivity contribution in [2.24, 2.45) is 0 Å². The third-order valence-corrected chi connectivity index (χ3v) is 5.85. The molecule has 0 fully saturated rings. The summed E-state index contributed by atoms with van der Waals surface area (Å²) in [5, 5.41) is 5.71. The third kappa shape index (κ3) is 5.18. The highest BCUT2D eigenvalue weighted by Gasteiger charge is 2.30. The van der Waals surface area contributed by atoms with Crippen molar-refractivity contribution in [1.29, 1.82) is 0 Å². The molecule has 0 aliphatic rings. The summed E-state index contributed by atoms with van der Waals surface area (Å²) >= 11 is 0. The number of hydrogen-bond acceptors (Lipinski definition) is 5. The SMILES string of the molecule is Cc1cccc(S(=O)(=O)c2ccc(=O)n(CC(=O)Nc3ccc(C(F)(F)F)cc3)n2)c1. The Labute approximate surface area is 175 Å². The number of alkyl halides is 3. The lowest BCUT2D eigenvalue weighted by Crippen LogP contribution is -2.30. The predicted octanol–water partition coefficient (Wildman–Crippen LogP) is 3.04. The van der Waals surface area contributed by atoms with Gasteiger partial charge in [0.05, 0.1) is 10.5 Å². The molecule has 3 aromatic rings. The van der Waals surface area contributed by atoms with E-state index in [2.05, 4.69) is 10.4 Å². The molecule has 7 nitrogen and oxygen atoms in total. The highest BCUT2D eigenvalue weighted by molar-refractivity contribution is 7.91. The monoisotopic (exact) mass is 451 g/mol. The summed E-state index contributed by atoms with van der Waals surface area (Å²) < 4.78 is 64.0. The summed E-state index contributed by atoms with van der Waals surface area (Å²) in [7, 11) is -4.02. The van der Waals surface area contributed by atoms with Gasteiger partial charge in [-0.25, -0.2) is 13.1 Å². The molecule has 162 valence electrons. The number of sulfone groups is 1. The first-order valence-corrected chi connectivity index (χ1v) is 10.3. The Morgan fingerprint density at radius 1 is 1.06 bits per heavy atom. The zero-order valence-electron chi connectivity index (χ0n) is 16.1. The fourth-order valence-corrected chi connectivity index (χ4v) is 3.96. The van der Waals surface area contributed by atoms with Crippen molar-refractivity contribution >= 4 is 21.4 Å². The van der Waals surface area contributed by atoms with E-state index in [1.54, 1.807) is 19.1 Å². The first-order chi connectivity index (χ1) is 14.5. The van der Waals surface area contributed by atoms with Crippen molar-refractivity contribution in [1.82, 2.24) is 9.78 Å². The molecule has 0 saturated heterocycles. The van der Waals surface area contributed by atoms with Gasteiger partial charge in [0.2, 0.25) is 15.7 Å². The number of carbonyl (C=O) groups is 1. The largest absolute Gasteiger partial charge is 0.416 e. The van der Waals surface area contributed by atoms with Gasteiger partial charge < -0.3 is 5.32 Å². The molecule has 0 atom stereocenters. The van der Waals surface area contributed by atoms with Gasteiger partial charge in [-0.05, 0) is 55.0 Å². The number of rotatable bonds is 5. The number of halogens is 3. The van der Waals surface area contributed by atoms with Crippen LogP contribution in [0, 0.1) is 6.92 Å². The molecule has 11 heteroatoms. The highest BCUT2D eigenvalue weighted by Crippen LogP contribution is 2.29. The molecule has 1 aromatic heterocycles. The molecular weight excluding hydrogens is 435 g/mol. The molecule has 31 heavy (non-hydrogen) atoms. The van der Waals surface area contributed by atoms with Gasteiger partial charge in [-0.2, -0.15) is 18.3 Å². The molecule has 0 aliphatic heterocycles. The number of carbonyl (C=O) groups excluding carboxylic acids is 1. The Morgan fingerprint density at radius 3 is 2.35 bits per heavy atom.